The van der Waals surface area contributed by atoms with Crippen molar-refractivity contribution >= 4 is 9.84 Å². The Kier molecular flexibility index (Phi) is 2.80. The molecule has 0 atom stereocenters. The van der Waals surface area contributed by atoms with Gasteiger partial charge in [-0.05, 0) is 30.5 Å². The van der Waals surface area contributed by atoms with Gasteiger partial charge >= 0.3 is 0 Å². The molecule has 1 aromatic rings. The largest absolute Gasteiger partial charge is 0.330 e. The van der Waals surface area contributed by atoms with Gasteiger partial charge in [-0.3, -0.25) is 0 Å². The molecule has 0 aliphatic heterocycles. The third kappa shape index (κ3) is 1.87. The highest BCUT2D eigenvalue weighted by Gasteiger charge is 2.37. The minimum atomic E-state index is -3.12. The van der Waals surface area contributed by atoms with Gasteiger partial charge in [-0.25, -0.2) is 8.42 Å². The van der Waals surface area contributed by atoms with Crippen LogP contribution in [0.2, 0.25) is 0 Å². The summed E-state index contributed by atoms with van der Waals surface area (Å²) in [6, 6.07) is 7.21. The molecule has 4 heteroatoms. The van der Waals surface area contributed by atoms with Gasteiger partial charge in [-0.2, -0.15) is 0 Å². The fraction of sp³-hybridized carbons (Fsp3) is 0.500. The van der Waals surface area contributed by atoms with Crippen molar-refractivity contribution in [3.05, 3.63) is 29.8 Å². The molecule has 16 heavy (non-hydrogen) atoms. The highest BCUT2D eigenvalue weighted by molar-refractivity contribution is 7.90. The second kappa shape index (κ2) is 3.86. The van der Waals surface area contributed by atoms with E-state index in [0.29, 0.717) is 11.4 Å². The summed E-state index contributed by atoms with van der Waals surface area (Å²) < 4.78 is 23.0. The van der Waals surface area contributed by atoms with Crippen LogP contribution in [0.1, 0.15) is 24.8 Å². The van der Waals surface area contributed by atoms with Crippen molar-refractivity contribution in [1.82, 2.24) is 0 Å². The van der Waals surface area contributed by atoms with Crippen molar-refractivity contribution in [2.45, 2.75) is 29.6 Å². The maximum Gasteiger partial charge on any atom is 0.175 e. The molecular formula is C12H17NO2S. The van der Waals surface area contributed by atoms with Gasteiger partial charge in [0.2, 0.25) is 0 Å². The average Bonchev–Trinajstić information content (AvgIpc) is 2.16. The maximum absolute atomic E-state index is 11.5. The van der Waals surface area contributed by atoms with Gasteiger partial charge in [0.1, 0.15) is 0 Å². The molecule has 0 spiro atoms. The second-order valence-corrected chi connectivity index (χ2v) is 6.65. The smallest absolute Gasteiger partial charge is 0.175 e. The number of hydrogen-bond donors (Lipinski definition) is 1. The molecule has 0 saturated heterocycles. The number of sulfone groups is 1. The Bertz CT molecular complexity index is 484. The quantitative estimate of drug-likeness (QED) is 0.869. The normalized spacial score (nSPS) is 19.1. The van der Waals surface area contributed by atoms with E-state index in [2.05, 4.69) is 0 Å². The molecule has 1 aliphatic rings. The molecule has 3 nitrogen and oxygen atoms in total. The van der Waals surface area contributed by atoms with Crippen LogP contribution < -0.4 is 5.73 Å². The molecule has 0 radical (unpaired) electrons. The lowest BCUT2D eigenvalue weighted by Crippen LogP contribution is -2.41. The first-order chi connectivity index (χ1) is 7.48. The molecular weight excluding hydrogens is 222 g/mol. The van der Waals surface area contributed by atoms with Gasteiger partial charge < -0.3 is 5.73 Å². The van der Waals surface area contributed by atoms with Gasteiger partial charge in [0.05, 0.1) is 4.90 Å². The van der Waals surface area contributed by atoms with Crippen LogP contribution in [0.5, 0.6) is 0 Å². The van der Waals surface area contributed by atoms with E-state index in [4.69, 9.17) is 5.73 Å². The van der Waals surface area contributed by atoms with E-state index in [-0.39, 0.29) is 5.41 Å². The lowest BCUT2D eigenvalue weighted by atomic mass is 9.64. The van der Waals surface area contributed by atoms with E-state index in [1.54, 1.807) is 18.2 Å². The van der Waals surface area contributed by atoms with Crippen LogP contribution >= 0.6 is 0 Å². The third-order valence-electron chi connectivity index (χ3n) is 3.58. The van der Waals surface area contributed by atoms with Gasteiger partial charge in [-0.1, -0.05) is 18.6 Å². The van der Waals surface area contributed by atoms with Crippen molar-refractivity contribution in [1.29, 1.82) is 0 Å². The Morgan fingerprint density at radius 2 is 2.06 bits per heavy atom. The number of nitrogens with two attached hydrogens (primary N) is 1. The third-order valence-corrected chi connectivity index (χ3v) is 4.69. The zero-order valence-electron chi connectivity index (χ0n) is 9.44. The Morgan fingerprint density at radius 3 is 2.50 bits per heavy atom. The van der Waals surface area contributed by atoms with E-state index < -0.39 is 9.84 Å². The number of hydrogen-bond acceptors (Lipinski definition) is 3. The predicted octanol–water partition coefficient (Wildman–Crippen LogP) is 1.47. The minimum Gasteiger partial charge on any atom is -0.330 e. The second-order valence-electron chi connectivity index (χ2n) is 4.64. The monoisotopic (exact) mass is 239 g/mol. The van der Waals surface area contributed by atoms with Crippen LogP contribution in [0, 0.1) is 0 Å². The molecule has 2 N–H and O–H groups in total. The zero-order chi connectivity index (χ0) is 11.8. The number of benzene rings is 1. The molecule has 88 valence electrons. The first-order valence-electron chi connectivity index (χ1n) is 5.49. The topological polar surface area (TPSA) is 60.2 Å². The van der Waals surface area contributed by atoms with Gasteiger partial charge in [0.15, 0.2) is 9.84 Å². The Balaban J connectivity index is 2.44. The van der Waals surface area contributed by atoms with Crippen LogP contribution in [-0.4, -0.2) is 21.2 Å². The molecule has 0 heterocycles. The van der Waals surface area contributed by atoms with Crippen molar-refractivity contribution in [2.75, 3.05) is 12.8 Å². The first-order valence-corrected chi connectivity index (χ1v) is 7.38. The molecule has 2 rings (SSSR count). The van der Waals surface area contributed by atoms with Crippen LogP contribution in [0.25, 0.3) is 0 Å². The summed E-state index contributed by atoms with van der Waals surface area (Å²) in [6.07, 6.45) is 4.55. The molecule has 0 unspecified atom stereocenters. The fourth-order valence-corrected chi connectivity index (χ4v) is 2.94. The molecule has 1 saturated carbocycles. The van der Waals surface area contributed by atoms with Crippen molar-refractivity contribution in [3.8, 4) is 0 Å². The van der Waals surface area contributed by atoms with Crippen molar-refractivity contribution < 1.29 is 8.42 Å². The van der Waals surface area contributed by atoms with E-state index >= 15 is 0 Å². The predicted molar refractivity (Wildman–Crippen MR) is 64.1 cm³/mol. The SMILES string of the molecule is CS(=O)(=O)c1cccc(C2(CN)CCC2)c1. The molecule has 0 bridgehead atoms. The summed E-state index contributed by atoms with van der Waals surface area (Å²) in [6.45, 7) is 0.597. The summed E-state index contributed by atoms with van der Waals surface area (Å²) in [5.74, 6) is 0. The van der Waals surface area contributed by atoms with E-state index in [0.717, 1.165) is 18.4 Å². The zero-order valence-corrected chi connectivity index (χ0v) is 10.3. The van der Waals surface area contributed by atoms with E-state index in [1.165, 1.54) is 12.7 Å². The van der Waals surface area contributed by atoms with E-state index in [9.17, 15) is 8.42 Å². The number of rotatable bonds is 3. The van der Waals surface area contributed by atoms with Gasteiger partial charge in [-0.15, -0.1) is 0 Å². The van der Waals surface area contributed by atoms with Gasteiger partial charge in [0.25, 0.3) is 0 Å². The lowest BCUT2D eigenvalue weighted by molar-refractivity contribution is 0.252. The van der Waals surface area contributed by atoms with E-state index in [1.807, 2.05) is 6.07 Å². The molecule has 0 amide bonds. The highest BCUT2D eigenvalue weighted by atomic mass is 32.2. The average molecular weight is 239 g/mol. The Labute approximate surface area is 96.6 Å². The summed E-state index contributed by atoms with van der Waals surface area (Å²) in [4.78, 5) is 0.393. The van der Waals surface area contributed by atoms with Crippen molar-refractivity contribution in [3.63, 3.8) is 0 Å². The summed E-state index contributed by atoms with van der Waals surface area (Å²) >= 11 is 0. The maximum atomic E-state index is 11.5. The molecule has 1 aromatic carbocycles. The molecule has 1 aliphatic carbocycles. The van der Waals surface area contributed by atoms with Crippen LogP contribution in [-0.2, 0) is 15.3 Å². The van der Waals surface area contributed by atoms with Crippen LogP contribution in [0.15, 0.2) is 29.2 Å². The fourth-order valence-electron chi connectivity index (χ4n) is 2.27. The minimum absolute atomic E-state index is 0.0285. The van der Waals surface area contributed by atoms with Crippen molar-refractivity contribution in [2.24, 2.45) is 5.73 Å². The first kappa shape index (κ1) is 11.6. The summed E-state index contributed by atoms with van der Waals surface area (Å²) in [5, 5.41) is 0. The lowest BCUT2D eigenvalue weighted by Gasteiger charge is -2.41. The standard InChI is InChI=1S/C12H17NO2S/c1-16(14,15)11-5-2-4-10(8-11)12(9-13)6-3-7-12/h2,4-5,8H,3,6-7,9,13H2,1H3. The van der Waals surface area contributed by atoms with Crippen LogP contribution in [0.4, 0.5) is 0 Å². The summed E-state index contributed by atoms with van der Waals surface area (Å²) in [5.41, 5.74) is 6.91. The summed E-state index contributed by atoms with van der Waals surface area (Å²) in [7, 11) is -3.12. The molecule has 1 fully saturated rings. The van der Waals surface area contributed by atoms with Crippen LogP contribution in [0.3, 0.4) is 0 Å². The molecule has 0 aromatic heterocycles. The van der Waals surface area contributed by atoms with Gasteiger partial charge in [0, 0.05) is 18.2 Å². The Hall–Kier alpha value is -0.870. The highest BCUT2D eigenvalue weighted by Crippen LogP contribution is 2.43. The Morgan fingerprint density at radius 1 is 1.38 bits per heavy atom.